The minimum Gasteiger partial charge on any atom is -0.497 e. The van der Waals surface area contributed by atoms with E-state index in [0.29, 0.717) is 17.7 Å². The Kier molecular flexibility index (Phi) is 7.63. The predicted molar refractivity (Wildman–Crippen MR) is 146 cm³/mol. The Morgan fingerprint density at radius 3 is 2.22 bits per heavy atom. The fourth-order valence-corrected chi connectivity index (χ4v) is 5.04. The molecule has 1 saturated heterocycles. The molecule has 0 spiro atoms. The van der Waals surface area contributed by atoms with E-state index in [9.17, 15) is 4.79 Å². The first-order valence-electron chi connectivity index (χ1n) is 12.9. The van der Waals surface area contributed by atoms with Crippen molar-refractivity contribution in [3.63, 3.8) is 0 Å². The smallest absolute Gasteiger partial charge is 0.193 e. The average Bonchev–Trinajstić information content (AvgIpc) is 3.21. The molecule has 0 saturated carbocycles. The van der Waals surface area contributed by atoms with Crippen LogP contribution in [-0.2, 0) is 0 Å². The molecule has 4 aromatic rings. The summed E-state index contributed by atoms with van der Waals surface area (Å²) >= 11 is 0. The summed E-state index contributed by atoms with van der Waals surface area (Å²) in [5.74, 6) is 1.62. The first-order valence-corrected chi connectivity index (χ1v) is 12.9. The molecule has 0 unspecified atom stereocenters. The van der Waals surface area contributed by atoms with Crippen LogP contribution < -0.4 is 9.47 Å². The van der Waals surface area contributed by atoms with Crippen molar-refractivity contribution in [2.45, 2.75) is 25.7 Å². The first-order chi connectivity index (χ1) is 17.7. The number of ketones is 1. The maximum atomic E-state index is 13.6. The van der Waals surface area contributed by atoms with Gasteiger partial charge in [-0.1, -0.05) is 67.4 Å². The number of benzene rings is 4. The fourth-order valence-electron chi connectivity index (χ4n) is 5.04. The van der Waals surface area contributed by atoms with Crippen molar-refractivity contribution in [1.29, 1.82) is 0 Å². The lowest BCUT2D eigenvalue weighted by atomic mass is 9.89. The molecule has 4 aromatic carbocycles. The summed E-state index contributed by atoms with van der Waals surface area (Å²) in [5, 5.41) is 2.05. The number of nitrogens with zero attached hydrogens (tertiary/aromatic N) is 1. The maximum Gasteiger partial charge on any atom is 0.193 e. The van der Waals surface area contributed by atoms with Gasteiger partial charge in [0.05, 0.1) is 7.11 Å². The summed E-state index contributed by atoms with van der Waals surface area (Å²) in [5.41, 5.74) is 3.25. The van der Waals surface area contributed by atoms with E-state index in [2.05, 4.69) is 17.0 Å². The molecule has 0 radical (unpaired) electrons. The molecule has 4 heteroatoms. The number of fused-ring (bicyclic) bond motifs is 1. The molecule has 1 aliphatic heterocycles. The highest BCUT2D eigenvalue weighted by molar-refractivity contribution is 6.17. The number of hydrogen-bond acceptors (Lipinski definition) is 4. The molecule has 0 N–H and O–H groups in total. The van der Waals surface area contributed by atoms with Crippen LogP contribution in [-0.4, -0.2) is 44.0 Å². The van der Waals surface area contributed by atoms with Gasteiger partial charge in [0.15, 0.2) is 5.78 Å². The third-order valence-corrected chi connectivity index (χ3v) is 7.03. The van der Waals surface area contributed by atoms with E-state index >= 15 is 0 Å². The van der Waals surface area contributed by atoms with Crippen molar-refractivity contribution in [3.05, 3.63) is 96.1 Å². The van der Waals surface area contributed by atoms with Crippen LogP contribution in [0.15, 0.2) is 84.9 Å². The van der Waals surface area contributed by atoms with Crippen LogP contribution in [0.25, 0.3) is 21.9 Å². The topological polar surface area (TPSA) is 38.8 Å². The highest BCUT2D eigenvalue weighted by Crippen LogP contribution is 2.36. The molecule has 0 atom stereocenters. The minimum atomic E-state index is 0.00750. The van der Waals surface area contributed by atoms with Gasteiger partial charge in [-0.3, -0.25) is 9.69 Å². The number of methoxy groups -OCH3 is 1. The van der Waals surface area contributed by atoms with E-state index in [4.69, 9.17) is 9.47 Å². The number of hydrogen-bond donors (Lipinski definition) is 0. The molecular weight excluding hydrogens is 446 g/mol. The molecule has 5 rings (SSSR count). The lowest BCUT2D eigenvalue weighted by Gasteiger charge is -2.19. The van der Waals surface area contributed by atoms with E-state index in [1.165, 1.54) is 38.8 Å². The van der Waals surface area contributed by atoms with Crippen molar-refractivity contribution in [3.8, 4) is 22.6 Å². The Hall–Kier alpha value is -3.63. The molecule has 0 aliphatic carbocycles. The Balaban J connectivity index is 1.44. The standard InChI is InChI=1S/C32H33NO3/c1-35-28-17-11-24-14-18-29(32(34)26-9-5-4-6-10-26)31(30(24)23-28)25-12-15-27(16-13-25)36-22-21-33-19-7-2-3-8-20-33/h4-6,9-18,23H,2-3,7-8,19-22H2,1H3. The van der Waals surface area contributed by atoms with Gasteiger partial charge in [-0.25, -0.2) is 0 Å². The SMILES string of the molecule is COc1ccc2ccc(C(=O)c3ccccc3)c(-c3ccc(OCCN4CCCCCC4)cc3)c2c1. The zero-order valence-corrected chi connectivity index (χ0v) is 20.9. The first kappa shape index (κ1) is 24.1. The molecule has 1 aliphatic rings. The number of ether oxygens (including phenoxy) is 2. The Labute approximate surface area is 213 Å². The minimum absolute atomic E-state index is 0.00750. The van der Waals surface area contributed by atoms with E-state index in [-0.39, 0.29) is 5.78 Å². The molecule has 184 valence electrons. The molecule has 0 amide bonds. The second-order valence-corrected chi connectivity index (χ2v) is 9.40. The van der Waals surface area contributed by atoms with Gasteiger partial charge in [0.1, 0.15) is 18.1 Å². The zero-order chi connectivity index (χ0) is 24.7. The lowest BCUT2D eigenvalue weighted by molar-refractivity contribution is 0.103. The van der Waals surface area contributed by atoms with Gasteiger partial charge >= 0.3 is 0 Å². The molecular formula is C32H33NO3. The van der Waals surface area contributed by atoms with Gasteiger partial charge in [-0.05, 0) is 72.6 Å². The number of carbonyl (C=O) groups is 1. The third-order valence-electron chi connectivity index (χ3n) is 7.03. The summed E-state index contributed by atoms with van der Waals surface area (Å²) in [6.45, 7) is 3.99. The van der Waals surface area contributed by atoms with Gasteiger partial charge in [-0.2, -0.15) is 0 Å². The zero-order valence-electron chi connectivity index (χ0n) is 20.9. The van der Waals surface area contributed by atoms with E-state index in [1.807, 2.05) is 72.8 Å². The summed E-state index contributed by atoms with van der Waals surface area (Å²) in [6.07, 6.45) is 5.25. The predicted octanol–water partition coefficient (Wildman–Crippen LogP) is 7.00. The van der Waals surface area contributed by atoms with Crippen molar-refractivity contribution < 1.29 is 14.3 Å². The van der Waals surface area contributed by atoms with Gasteiger partial charge in [-0.15, -0.1) is 0 Å². The van der Waals surface area contributed by atoms with Crippen molar-refractivity contribution in [2.24, 2.45) is 0 Å². The highest BCUT2D eigenvalue weighted by Gasteiger charge is 2.18. The second kappa shape index (κ2) is 11.4. The number of rotatable bonds is 8. The summed E-state index contributed by atoms with van der Waals surface area (Å²) in [4.78, 5) is 16.1. The highest BCUT2D eigenvalue weighted by atomic mass is 16.5. The molecule has 0 aromatic heterocycles. The Morgan fingerprint density at radius 1 is 0.806 bits per heavy atom. The Morgan fingerprint density at radius 2 is 1.50 bits per heavy atom. The Bertz CT molecular complexity index is 1310. The van der Waals surface area contributed by atoms with E-state index < -0.39 is 0 Å². The number of carbonyl (C=O) groups excluding carboxylic acids is 1. The molecule has 36 heavy (non-hydrogen) atoms. The summed E-state index contributed by atoms with van der Waals surface area (Å²) in [7, 11) is 1.66. The van der Waals surface area contributed by atoms with Crippen LogP contribution in [0.4, 0.5) is 0 Å². The van der Waals surface area contributed by atoms with Crippen LogP contribution in [0.1, 0.15) is 41.6 Å². The van der Waals surface area contributed by atoms with Crippen molar-refractivity contribution in [2.75, 3.05) is 33.4 Å². The largest absolute Gasteiger partial charge is 0.497 e. The molecule has 0 bridgehead atoms. The quantitative estimate of drug-likeness (QED) is 0.255. The van der Waals surface area contributed by atoms with Gasteiger partial charge < -0.3 is 9.47 Å². The molecule has 1 heterocycles. The van der Waals surface area contributed by atoms with E-state index in [0.717, 1.165) is 39.9 Å². The van der Waals surface area contributed by atoms with Gasteiger partial charge in [0.2, 0.25) is 0 Å². The second-order valence-electron chi connectivity index (χ2n) is 9.40. The van der Waals surface area contributed by atoms with E-state index in [1.54, 1.807) is 7.11 Å². The van der Waals surface area contributed by atoms with Crippen LogP contribution in [0, 0.1) is 0 Å². The molecule has 4 nitrogen and oxygen atoms in total. The lowest BCUT2D eigenvalue weighted by Crippen LogP contribution is -2.29. The van der Waals surface area contributed by atoms with Crippen molar-refractivity contribution >= 4 is 16.6 Å². The average molecular weight is 480 g/mol. The van der Waals surface area contributed by atoms with Crippen LogP contribution in [0.3, 0.4) is 0 Å². The van der Waals surface area contributed by atoms with Crippen LogP contribution in [0.2, 0.25) is 0 Å². The van der Waals surface area contributed by atoms with Gasteiger partial charge in [0, 0.05) is 23.2 Å². The van der Waals surface area contributed by atoms with Gasteiger partial charge in [0.25, 0.3) is 0 Å². The van der Waals surface area contributed by atoms with Crippen LogP contribution in [0.5, 0.6) is 11.5 Å². The van der Waals surface area contributed by atoms with Crippen LogP contribution >= 0.6 is 0 Å². The normalized spacial score (nSPS) is 14.4. The number of likely N-dealkylation sites (tertiary alicyclic amines) is 1. The molecule has 1 fully saturated rings. The summed E-state index contributed by atoms with van der Waals surface area (Å²) in [6, 6.07) is 27.5. The van der Waals surface area contributed by atoms with Crippen molar-refractivity contribution in [1.82, 2.24) is 4.90 Å². The maximum absolute atomic E-state index is 13.6. The fraction of sp³-hybridized carbons (Fsp3) is 0.281. The monoisotopic (exact) mass is 479 g/mol. The summed E-state index contributed by atoms with van der Waals surface area (Å²) < 4.78 is 11.6. The third kappa shape index (κ3) is 5.44.